The number of ketones is 1. The first-order valence-electron chi connectivity index (χ1n) is 10.5. The highest BCUT2D eigenvalue weighted by molar-refractivity contribution is 7.15. The number of phenolic OH excluding ortho intramolecular Hbond substituents is 1. The molecule has 0 bridgehead atoms. The van der Waals surface area contributed by atoms with Crippen LogP contribution >= 0.6 is 11.3 Å². The Kier molecular flexibility index (Phi) is 5.00. The molecule has 0 spiro atoms. The lowest BCUT2D eigenvalue weighted by Gasteiger charge is -2.36. The third-order valence-corrected chi connectivity index (χ3v) is 7.10. The largest absolute Gasteiger partial charge is 0.508 e. The van der Waals surface area contributed by atoms with Crippen LogP contribution in [-0.2, 0) is 20.7 Å². The minimum Gasteiger partial charge on any atom is -0.508 e. The van der Waals surface area contributed by atoms with Gasteiger partial charge in [-0.1, -0.05) is 30.4 Å². The lowest BCUT2D eigenvalue weighted by atomic mass is 9.77. The molecule has 5 rings (SSSR count). The van der Waals surface area contributed by atoms with Gasteiger partial charge in [0.1, 0.15) is 23.0 Å². The van der Waals surface area contributed by atoms with Crippen LogP contribution in [0.25, 0.3) is 0 Å². The summed E-state index contributed by atoms with van der Waals surface area (Å²) in [6, 6.07) is 5.60. The molecule has 162 valence electrons. The highest BCUT2D eigenvalue weighted by Crippen LogP contribution is 2.49. The van der Waals surface area contributed by atoms with E-state index >= 15 is 0 Å². The number of nitrogens with zero attached hydrogens (tertiary/aromatic N) is 3. The normalized spacial score (nSPS) is 27.9. The molecule has 2 aliphatic heterocycles. The fourth-order valence-electron chi connectivity index (χ4n) is 4.64. The number of ether oxygens (including phenoxy) is 1. The number of carbonyl (C=O) groups excluding carboxylic acids is 2. The second-order valence-electron chi connectivity index (χ2n) is 8.18. The summed E-state index contributed by atoms with van der Waals surface area (Å²) < 4.78 is 20.1. The lowest BCUT2D eigenvalue weighted by Crippen LogP contribution is -2.42. The molecule has 31 heavy (non-hydrogen) atoms. The van der Waals surface area contributed by atoms with Crippen molar-refractivity contribution >= 4 is 28.2 Å². The number of Topliss-reactive ketones (excluding diaryl/α,β-unsaturated/α-hetero) is 1. The van der Waals surface area contributed by atoms with E-state index in [2.05, 4.69) is 10.2 Å². The predicted octanol–water partition coefficient (Wildman–Crippen LogP) is 3.64. The highest BCUT2D eigenvalue weighted by Gasteiger charge is 2.54. The average Bonchev–Trinajstić information content (AvgIpc) is 3.32. The van der Waals surface area contributed by atoms with E-state index in [4.69, 9.17) is 4.74 Å². The Bertz CT molecular complexity index is 1070. The number of hydrogen-bond donors (Lipinski definition) is 1. The maximum atomic E-state index is 14.1. The van der Waals surface area contributed by atoms with Crippen molar-refractivity contribution in [2.45, 2.75) is 57.3 Å². The van der Waals surface area contributed by atoms with Crippen molar-refractivity contribution in [1.82, 2.24) is 10.2 Å². The molecule has 3 heterocycles. The number of carbonyl (C=O) groups is 2. The summed E-state index contributed by atoms with van der Waals surface area (Å²) in [5.41, 5.74) is 0.893. The van der Waals surface area contributed by atoms with Gasteiger partial charge in [-0.3, -0.25) is 14.5 Å². The number of aromatic hydroxyl groups is 1. The summed E-state index contributed by atoms with van der Waals surface area (Å²) in [6.07, 6.45) is 0.958. The van der Waals surface area contributed by atoms with Crippen LogP contribution in [0.4, 0.5) is 9.52 Å². The number of amides is 1. The second-order valence-corrected chi connectivity index (χ2v) is 9.22. The van der Waals surface area contributed by atoms with Gasteiger partial charge in [-0.15, -0.1) is 10.2 Å². The monoisotopic (exact) mass is 443 g/mol. The van der Waals surface area contributed by atoms with Crippen molar-refractivity contribution in [3.05, 3.63) is 46.2 Å². The molecule has 1 aromatic carbocycles. The zero-order valence-electron chi connectivity index (χ0n) is 17.0. The van der Waals surface area contributed by atoms with E-state index in [1.807, 2.05) is 6.92 Å². The number of rotatable bonds is 4. The first-order chi connectivity index (χ1) is 15.0. The third-order valence-electron chi connectivity index (χ3n) is 6.12. The summed E-state index contributed by atoms with van der Waals surface area (Å²) >= 11 is 1.31. The minimum absolute atomic E-state index is 0.0360. The van der Waals surface area contributed by atoms with Crippen LogP contribution in [0, 0.1) is 5.92 Å². The number of anilines is 1. The van der Waals surface area contributed by atoms with E-state index < -0.39 is 30.1 Å². The Labute approximate surface area is 182 Å². The number of benzene rings is 1. The molecular formula is C22H22FN3O4S. The summed E-state index contributed by atoms with van der Waals surface area (Å²) in [7, 11) is 0. The molecule has 1 aliphatic carbocycles. The molecule has 1 fully saturated rings. The van der Waals surface area contributed by atoms with Crippen LogP contribution in [0.1, 0.15) is 49.2 Å². The summed E-state index contributed by atoms with van der Waals surface area (Å²) in [5.74, 6) is -1.15. The summed E-state index contributed by atoms with van der Waals surface area (Å²) in [4.78, 5) is 28.4. The predicted molar refractivity (Wildman–Crippen MR) is 111 cm³/mol. The van der Waals surface area contributed by atoms with Crippen molar-refractivity contribution in [2.75, 3.05) is 4.90 Å². The van der Waals surface area contributed by atoms with E-state index in [1.54, 1.807) is 12.1 Å². The van der Waals surface area contributed by atoms with Crippen molar-refractivity contribution in [2.24, 2.45) is 5.92 Å². The average molecular weight is 444 g/mol. The van der Waals surface area contributed by atoms with E-state index in [1.165, 1.54) is 28.4 Å². The Hall–Kier alpha value is -2.81. The Balaban J connectivity index is 1.61. The van der Waals surface area contributed by atoms with Gasteiger partial charge >= 0.3 is 0 Å². The van der Waals surface area contributed by atoms with Crippen LogP contribution in [0.15, 0.2) is 35.6 Å². The topological polar surface area (TPSA) is 92.6 Å². The molecule has 4 atom stereocenters. The first kappa shape index (κ1) is 20.1. The molecule has 7 nitrogen and oxygen atoms in total. The zero-order valence-corrected chi connectivity index (χ0v) is 17.8. The van der Waals surface area contributed by atoms with Gasteiger partial charge in [-0.25, -0.2) is 4.39 Å². The molecule has 1 aromatic heterocycles. The van der Waals surface area contributed by atoms with Crippen LogP contribution in [0.3, 0.4) is 0 Å². The lowest BCUT2D eigenvalue weighted by molar-refractivity contribution is -0.133. The van der Waals surface area contributed by atoms with Crippen LogP contribution in [0.2, 0.25) is 0 Å². The van der Waals surface area contributed by atoms with Crippen molar-refractivity contribution in [1.29, 1.82) is 0 Å². The fourth-order valence-corrected chi connectivity index (χ4v) is 5.61. The SMILES string of the molecule is CCCc1nnc(N2C(=O)C3=C(C(=O)C4CC(F)CCC4O3)C2c2ccc(O)cc2)s1. The van der Waals surface area contributed by atoms with Gasteiger partial charge < -0.3 is 9.84 Å². The number of aryl methyl sites for hydroxylation is 1. The van der Waals surface area contributed by atoms with Gasteiger partial charge in [0, 0.05) is 6.42 Å². The molecule has 2 aromatic rings. The van der Waals surface area contributed by atoms with Gasteiger partial charge in [0.25, 0.3) is 5.91 Å². The molecule has 0 saturated heterocycles. The van der Waals surface area contributed by atoms with Gasteiger partial charge in [-0.05, 0) is 43.4 Å². The molecule has 1 amide bonds. The quantitative estimate of drug-likeness (QED) is 0.776. The Morgan fingerprint density at radius 2 is 2.00 bits per heavy atom. The standard InChI is InChI=1S/C22H22FN3O4S/c1-2-3-16-24-25-22(31-16)26-18(11-4-7-13(27)8-5-11)17-19(28)14-10-12(23)6-9-15(14)30-20(17)21(26)29/h4-5,7-8,12,14-15,18,27H,2-3,6,9-10H2,1H3. The number of hydrogen-bond acceptors (Lipinski definition) is 7. The van der Waals surface area contributed by atoms with Gasteiger partial charge in [0.2, 0.25) is 5.13 Å². The summed E-state index contributed by atoms with van der Waals surface area (Å²) in [6.45, 7) is 2.04. The zero-order chi connectivity index (χ0) is 21.7. The van der Waals surface area contributed by atoms with E-state index in [9.17, 15) is 19.1 Å². The van der Waals surface area contributed by atoms with Crippen molar-refractivity contribution in [3.63, 3.8) is 0 Å². The number of halogens is 1. The number of phenols is 1. The number of fused-ring (bicyclic) bond motifs is 1. The van der Waals surface area contributed by atoms with E-state index in [-0.39, 0.29) is 29.3 Å². The molecule has 4 unspecified atom stereocenters. The maximum absolute atomic E-state index is 14.1. The van der Waals surface area contributed by atoms with E-state index in [0.717, 1.165) is 17.8 Å². The molecule has 1 saturated carbocycles. The molecule has 9 heteroatoms. The molecule has 1 N–H and O–H groups in total. The number of alkyl halides is 1. The molecular weight excluding hydrogens is 421 g/mol. The first-order valence-corrected chi connectivity index (χ1v) is 11.3. The van der Waals surface area contributed by atoms with Crippen LogP contribution in [0.5, 0.6) is 5.75 Å². The molecule has 0 radical (unpaired) electrons. The van der Waals surface area contributed by atoms with Crippen molar-refractivity contribution in [3.8, 4) is 5.75 Å². The second kappa shape index (κ2) is 7.71. The fraction of sp³-hybridized carbons (Fsp3) is 0.455. The Morgan fingerprint density at radius 1 is 1.23 bits per heavy atom. The van der Waals surface area contributed by atoms with Crippen LogP contribution < -0.4 is 4.90 Å². The van der Waals surface area contributed by atoms with Gasteiger partial charge in [-0.2, -0.15) is 0 Å². The van der Waals surface area contributed by atoms with Crippen LogP contribution in [-0.4, -0.2) is 39.3 Å². The van der Waals surface area contributed by atoms with Gasteiger partial charge in [0.05, 0.1) is 17.5 Å². The van der Waals surface area contributed by atoms with E-state index in [0.29, 0.717) is 23.5 Å². The number of aromatic nitrogens is 2. The van der Waals surface area contributed by atoms with Crippen molar-refractivity contribution < 1.29 is 23.8 Å². The minimum atomic E-state index is -1.05. The Morgan fingerprint density at radius 3 is 2.74 bits per heavy atom. The third kappa shape index (κ3) is 3.31. The van der Waals surface area contributed by atoms with Gasteiger partial charge in [0.15, 0.2) is 11.5 Å². The smallest absolute Gasteiger partial charge is 0.296 e. The highest BCUT2D eigenvalue weighted by atomic mass is 32.1. The maximum Gasteiger partial charge on any atom is 0.296 e. The molecule has 3 aliphatic rings. The summed E-state index contributed by atoms with van der Waals surface area (Å²) in [5, 5.41) is 19.3.